The minimum atomic E-state index is 0.702. The van der Waals surface area contributed by atoms with Crippen molar-refractivity contribution in [2.75, 3.05) is 6.61 Å². The molecule has 96 valence electrons. The van der Waals surface area contributed by atoms with Crippen molar-refractivity contribution in [1.82, 2.24) is 4.98 Å². The number of fused-ring (bicyclic) bond motifs is 1. The molecule has 18 heavy (non-hydrogen) atoms. The highest BCUT2D eigenvalue weighted by molar-refractivity contribution is 6.36. The standard InChI is InChI=1S/C15H18ClNO/c1-4-9-18-13-8-6-7-11-14(16)10(3)12(5-2)17-15(11)13/h6-8H,4-5,9H2,1-3H3. The lowest BCUT2D eigenvalue weighted by Gasteiger charge is -2.12. The first-order valence-electron chi connectivity index (χ1n) is 6.39. The third kappa shape index (κ3) is 2.30. The van der Waals surface area contributed by atoms with Crippen molar-refractivity contribution >= 4 is 22.5 Å². The van der Waals surface area contributed by atoms with Crippen LogP contribution < -0.4 is 4.74 Å². The Bertz CT molecular complexity index is 566. The van der Waals surface area contributed by atoms with Gasteiger partial charge in [-0.2, -0.15) is 0 Å². The van der Waals surface area contributed by atoms with E-state index in [1.54, 1.807) is 0 Å². The van der Waals surface area contributed by atoms with E-state index in [9.17, 15) is 0 Å². The van der Waals surface area contributed by atoms with Crippen molar-refractivity contribution in [3.8, 4) is 5.75 Å². The molecule has 1 aromatic heterocycles. The van der Waals surface area contributed by atoms with E-state index in [1.807, 2.05) is 25.1 Å². The Morgan fingerprint density at radius 1 is 1.28 bits per heavy atom. The van der Waals surface area contributed by atoms with Crippen LogP contribution in [0.1, 0.15) is 31.5 Å². The van der Waals surface area contributed by atoms with E-state index in [1.165, 1.54) is 0 Å². The topological polar surface area (TPSA) is 22.1 Å². The van der Waals surface area contributed by atoms with Gasteiger partial charge in [-0.3, -0.25) is 0 Å². The van der Waals surface area contributed by atoms with Gasteiger partial charge in [0.15, 0.2) is 0 Å². The summed E-state index contributed by atoms with van der Waals surface area (Å²) < 4.78 is 5.74. The fourth-order valence-corrected chi connectivity index (χ4v) is 2.30. The lowest BCUT2D eigenvalue weighted by Crippen LogP contribution is -2.00. The average Bonchev–Trinajstić information content (AvgIpc) is 2.40. The second-order valence-corrected chi connectivity index (χ2v) is 4.73. The second kappa shape index (κ2) is 5.57. The van der Waals surface area contributed by atoms with Crippen LogP contribution in [0.25, 0.3) is 10.9 Å². The fourth-order valence-electron chi connectivity index (χ4n) is 2.03. The summed E-state index contributed by atoms with van der Waals surface area (Å²) in [5.74, 6) is 0.825. The molecule has 0 aliphatic heterocycles. The fraction of sp³-hybridized carbons (Fsp3) is 0.400. The quantitative estimate of drug-likeness (QED) is 0.807. The number of hydrogen-bond acceptors (Lipinski definition) is 2. The first-order chi connectivity index (χ1) is 8.69. The summed E-state index contributed by atoms with van der Waals surface area (Å²) >= 11 is 6.42. The van der Waals surface area contributed by atoms with Crippen LogP contribution in [-0.2, 0) is 6.42 Å². The Balaban J connectivity index is 2.64. The van der Waals surface area contributed by atoms with Gasteiger partial charge in [-0.1, -0.05) is 37.6 Å². The van der Waals surface area contributed by atoms with Crippen LogP contribution in [-0.4, -0.2) is 11.6 Å². The number of halogens is 1. The normalized spacial score (nSPS) is 10.9. The predicted octanol–water partition coefficient (Wildman–Crippen LogP) is 4.55. The van der Waals surface area contributed by atoms with Crippen LogP contribution in [0.5, 0.6) is 5.75 Å². The third-order valence-corrected chi connectivity index (χ3v) is 3.53. The molecular formula is C15H18ClNO. The van der Waals surface area contributed by atoms with E-state index in [4.69, 9.17) is 21.3 Å². The van der Waals surface area contributed by atoms with Crippen molar-refractivity contribution in [2.24, 2.45) is 0 Å². The molecule has 1 aromatic carbocycles. The summed E-state index contributed by atoms with van der Waals surface area (Å²) in [4.78, 5) is 4.70. The molecule has 3 heteroatoms. The largest absolute Gasteiger partial charge is 0.491 e. The van der Waals surface area contributed by atoms with Crippen LogP contribution >= 0.6 is 11.6 Å². The van der Waals surface area contributed by atoms with Gasteiger partial charge >= 0.3 is 0 Å². The van der Waals surface area contributed by atoms with E-state index in [0.29, 0.717) is 6.61 Å². The van der Waals surface area contributed by atoms with Gasteiger partial charge in [0.05, 0.1) is 11.6 Å². The summed E-state index contributed by atoms with van der Waals surface area (Å²) in [5, 5.41) is 1.76. The summed E-state index contributed by atoms with van der Waals surface area (Å²) in [6, 6.07) is 5.91. The molecule has 2 nitrogen and oxygen atoms in total. The Morgan fingerprint density at radius 2 is 2.06 bits per heavy atom. The van der Waals surface area contributed by atoms with Crippen LogP contribution in [0.3, 0.4) is 0 Å². The molecule has 0 aliphatic rings. The molecule has 2 rings (SSSR count). The average molecular weight is 264 g/mol. The molecule has 0 atom stereocenters. The third-order valence-electron chi connectivity index (χ3n) is 3.04. The van der Waals surface area contributed by atoms with Gasteiger partial charge in [0.25, 0.3) is 0 Å². The maximum absolute atomic E-state index is 6.42. The summed E-state index contributed by atoms with van der Waals surface area (Å²) in [7, 11) is 0. The van der Waals surface area contributed by atoms with E-state index in [2.05, 4.69) is 13.8 Å². The smallest absolute Gasteiger partial charge is 0.145 e. The maximum Gasteiger partial charge on any atom is 0.145 e. The monoisotopic (exact) mass is 263 g/mol. The number of nitrogens with zero attached hydrogens (tertiary/aromatic N) is 1. The second-order valence-electron chi connectivity index (χ2n) is 4.35. The first kappa shape index (κ1) is 13.2. The zero-order valence-electron chi connectivity index (χ0n) is 11.1. The Hall–Kier alpha value is -1.28. The highest BCUT2D eigenvalue weighted by Crippen LogP contribution is 2.32. The van der Waals surface area contributed by atoms with Crippen molar-refractivity contribution in [3.63, 3.8) is 0 Å². The number of benzene rings is 1. The molecule has 0 aliphatic carbocycles. The Kier molecular flexibility index (Phi) is 4.07. The number of pyridine rings is 1. The minimum absolute atomic E-state index is 0.702. The van der Waals surface area contributed by atoms with Gasteiger partial charge in [0, 0.05) is 11.1 Å². The molecule has 0 fully saturated rings. The van der Waals surface area contributed by atoms with Crippen LogP contribution in [0.4, 0.5) is 0 Å². The molecule has 1 heterocycles. The first-order valence-corrected chi connectivity index (χ1v) is 6.77. The van der Waals surface area contributed by atoms with E-state index >= 15 is 0 Å². The molecule has 0 radical (unpaired) electrons. The molecule has 0 amide bonds. The zero-order valence-corrected chi connectivity index (χ0v) is 11.8. The van der Waals surface area contributed by atoms with Crippen molar-refractivity contribution in [3.05, 3.63) is 34.5 Å². The van der Waals surface area contributed by atoms with E-state index < -0.39 is 0 Å². The van der Waals surface area contributed by atoms with Crippen LogP contribution in [0.15, 0.2) is 18.2 Å². The number of rotatable bonds is 4. The van der Waals surface area contributed by atoms with Crippen molar-refractivity contribution < 1.29 is 4.74 Å². The Labute approximate surface area is 113 Å². The number of aryl methyl sites for hydroxylation is 1. The summed E-state index contributed by atoms with van der Waals surface area (Å²) in [5.41, 5.74) is 2.98. The highest BCUT2D eigenvalue weighted by atomic mass is 35.5. The molecule has 0 unspecified atom stereocenters. The number of ether oxygens (including phenoxy) is 1. The highest BCUT2D eigenvalue weighted by Gasteiger charge is 2.12. The van der Waals surface area contributed by atoms with Crippen LogP contribution in [0, 0.1) is 6.92 Å². The lowest BCUT2D eigenvalue weighted by atomic mass is 10.1. The van der Waals surface area contributed by atoms with Gasteiger partial charge in [-0.15, -0.1) is 0 Å². The van der Waals surface area contributed by atoms with Crippen molar-refractivity contribution in [2.45, 2.75) is 33.6 Å². The predicted molar refractivity (Wildman–Crippen MR) is 76.7 cm³/mol. The SMILES string of the molecule is CCCOc1cccc2c(Cl)c(C)c(CC)nc12. The van der Waals surface area contributed by atoms with Crippen molar-refractivity contribution in [1.29, 1.82) is 0 Å². The van der Waals surface area contributed by atoms with Gasteiger partial charge in [0.2, 0.25) is 0 Å². The molecule has 0 saturated heterocycles. The van der Waals surface area contributed by atoms with Gasteiger partial charge in [-0.05, 0) is 31.4 Å². The number of para-hydroxylation sites is 1. The lowest BCUT2D eigenvalue weighted by molar-refractivity contribution is 0.320. The number of aromatic nitrogens is 1. The van der Waals surface area contributed by atoms with E-state index in [-0.39, 0.29) is 0 Å². The molecule has 0 N–H and O–H groups in total. The molecular weight excluding hydrogens is 246 g/mol. The van der Waals surface area contributed by atoms with Gasteiger partial charge < -0.3 is 4.74 Å². The Morgan fingerprint density at radius 3 is 2.72 bits per heavy atom. The maximum atomic E-state index is 6.42. The van der Waals surface area contributed by atoms with Crippen LogP contribution in [0.2, 0.25) is 5.02 Å². The summed E-state index contributed by atoms with van der Waals surface area (Å²) in [6.07, 6.45) is 1.86. The van der Waals surface area contributed by atoms with Gasteiger partial charge in [0.1, 0.15) is 11.3 Å². The summed E-state index contributed by atoms with van der Waals surface area (Å²) in [6.45, 7) is 6.90. The zero-order chi connectivity index (χ0) is 13.1. The molecule has 2 aromatic rings. The number of hydrogen-bond donors (Lipinski definition) is 0. The van der Waals surface area contributed by atoms with E-state index in [0.717, 1.165) is 45.8 Å². The molecule has 0 saturated carbocycles. The minimum Gasteiger partial charge on any atom is -0.491 e. The molecule has 0 spiro atoms. The molecule has 0 bridgehead atoms. The van der Waals surface area contributed by atoms with Gasteiger partial charge in [-0.25, -0.2) is 4.98 Å².